The van der Waals surface area contributed by atoms with Crippen LogP contribution in [0.4, 0.5) is 0 Å². The van der Waals surface area contributed by atoms with Gasteiger partial charge in [0.1, 0.15) is 5.75 Å². The van der Waals surface area contributed by atoms with Crippen molar-refractivity contribution in [2.75, 3.05) is 7.11 Å². The van der Waals surface area contributed by atoms with E-state index >= 15 is 0 Å². The summed E-state index contributed by atoms with van der Waals surface area (Å²) in [5.41, 5.74) is 1.57. The van der Waals surface area contributed by atoms with Crippen LogP contribution in [0.5, 0.6) is 5.75 Å². The topological polar surface area (TPSA) is 100 Å². The van der Waals surface area contributed by atoms with Crippen molar-refractivity contribution in [1.82, 2.24) is 20.2 Å². The minimum Gasteiger partial charge on any atom is -0.497 e. The second-order valence-corrected chi connectivity index (χ2v) is 5.26. The summed E-state index contributed by atoms with van der Waals surface area (Å²) >= 11 is 0. The Morgan fingerprint density at radius 3 is 2.52 bits per heavy atom. The molecule has 0 fully saturated rings. The number of aryl methyl sites for hydroxylation is 1. The van der Waals surface area contributed by atoms with Gasteiger partial charge in [0.25, 0.3) is 5.89 Å². The maximum absolute atomic E-state index is 12.1. The number of carbonyl (C=O) groups excluding carboxylic acids is 1. The number of nitrogens with zero attached hydrogens (tertiary/aromatic N) is 4. The molecule has 128 valence electrons. The summed E-state index contributed by atoms with van der Waals surface area (Å²) in [5.74, 6) is 0.643. The average Bonchev–Trinajstić information content (AvgIpc) is 3.12. The van der Waals surface area contributed by atoms with Gasteiger partial charge in [0.05, 0.1) is 19.0 Å². The zero-order chi connectivity index (χ0) is 17.8. The number of carbonyl (C=O) groups is 1. The molecule has 3 aromatic rings. The second-order valence-electron chi connectivity index (χ2n) is 5.26. The van der Waals surface area contributed by atoms with E-state index in [9.17, 15) is 4.79 Å². The number of rotatable bonds is 5. The van der Waals surface area contributed by atoms with Gasteiger partial charge in [-0.05, 0) is 38.1 Å². The minimum absolute atomic E-state index is 0.118. The summed E-state index contributed by atoms with van der Waals surface area (Å²) in [6.07, 6.45) is 2.14. The van der Waals surface area contributed by atoms with Gasteiger partial charge in [0.15, 0.2) is 11.8 Å². The maximum atomic E-state index is 12.1. The maximum Gasteiger partial charge on any atom is 0.359 e. The lowest BCUT2D eigenvalue weighted by molar-refractivity contribution is 0.0272. The molecule has 1 atom stereocenters. The molecule has 8 nitrogen and oxygen atoms in total. The monoisotopic (exact) mass is 340 g/mol. The van der Waals surface area contributed by atoms with Crippen LogP contribution in [0.2, 0.25) is 0 Å². The fourth-order valence-corrected chi connectivity index (χ4v) is 2.02. The lowest BCUT2D eigenvalue weighted by Crippen LogP contribution is -2.11. The molecule has 2 aromatic heterocycles. The van der Waals surface area contributed by atoms with Crippen LogP contribution in [-0.2, 0) is 4.74 Å². The van der Waals surface area contributed by atoms with Gasteiger partial charge in [0, 0.05) is 11.8 Å². The van der Waals surface area contributed by atoms with Gasteiger partial charge in [-0.15, -0.1) is 10.2 Å². The predicted octanol–water partition coefficient (Wildman–Crippen LogP) is 2.76. The normalized spacial score (nSPS) is 11.8. The van der Waals surface area contributed by atoms with E-state index in [1.54, 1.807) is 45.2 Å². The molecule has 2 heterocycles. The molecule has 0 bridgehead atoms. The van der Waals surface area contributed by atoms with Crippen LogP contribution in [0.15, 0.2) is 41.1 Å². The smallest absolute Gasteiger partial charge is 0.359 e. The van der Waals surface area contributed by atoms with Gasteiger partial charge >= 0.3 is 5.97 Å². The molecule has 0 aliphatic rings. The Kier molecular flexibility index (Phi) is 4.69. The first kappa shape index (κ1) is 16.6. The number of hydrogen-bond donors (Lipinski definition) is 0. The number of esters is 1. The minimum atomic E-state index is -0.713. The van der Waals surface area contributed by atoms with Crippen molar-refractivity contribution in [3.8, 4) is 17.2 Å². The van der Waals surface area contributed by atoms with E-state index in [2.05, 4.69) is 20.2 Å². The molecule has 0 N–H and O–H groups in total. The van der Waals surface area contributed by atoms with Gasteiger partial charge in [-0.1, -0.05) is 0 Å². The number of methoxy groups -OCH3 is 1. The van der Waals surface area contributed by atoms with E-state index in [4.69, 9.17) is 13.9 Å². The fourth-order valence-electron chi connectivity index (χ4n) is 2.02. The third-order valence-corrected chi connectivity index (χ3v) is 3.40. The molecule has 0 saturated carbocycles. The summed E-state index contributed by atoms with van der Waals surface area (Å²) in [5, 5.41) is 7.91. The standard InChI is InChI=1S/C17H16N4O4/c1-10-8-19-14(9-18-10)17(22)24-11(2)15-20-21-16(25-15)12-4-6-13(23-3)7-5-12/h4-9,11H,1-3H3/t11-/m0/s1. The van der Waals surface area contributed by atoms with Crippen LogP contribution < -0.4 is 4.74 Å². The Bertz CT molecular complexity index is 859. The Morgan fingerprint density at radius 1 is 1.12 bits per heavy atom. The van der Waals surface area contributed by atoms with Crippen molar-refractivity contribution in [2.24, 2.45) is 0 Å². The molecule has 0 amide bonds. The first-order valence-electron chi connectivity index (χ1n) is 7.54. The predicted molar refractivity (Wildman–Crippen MR) is 86.9 cm³/mol. The van der Waals surface area contributed by atoms with E-state index in [0.29, 0.717) is 11.6 Å². The zero-order valence-electron chi connectivity index (χ0n) is 14.0. The Hall–Kier alpha value is -3.29. The molecule has 1 aromatic carbocycles. The third kappa shape index (κ3) is 3.79. The van der Waals surface area contributed by atoms with E-state index < -0.39 is 12.1 Å². The van der Waals surface area contributed by atoms with Crippen LogP contribution in [0, 0.1) is 6.92 Å². The zero-order valence-corrected chi connectivity index (χ0v) is 14.0. The van der Waals surface area contributed by atoms with Gasteiger partial charge in [-0.3, -0.25) is 4.98 Å². The molecule has 25 heavy (non-hydrogen) atoms. The van der Waals surface area contributed by atoms with Crippen molar-refractivity contribution < 1.29 is 18.7 Å². The number of benzene rings is 1. The quantitative estimate of drug-likeness (QED) is 0.654. The number of hydrogen-bond acceptors (Lipinski definition) is 8. The third-order valence-electron chi connectivity index (χ3n) is 3.40. The second kappa shape index (κ2) is 7.08. The first-order chi connectivity index (χ1) is 12.1. The summed E-state index contributed by atoms with van der Waals surface area (Å²) < 4.78 is 16.0. The largest absolute Gasteiger partial charge is 0.497 e. The van der Waals surface area contributed by atoms with Crippen molar-refractivity contribution in [3.05, 3.63) is 53.9 Å². The number of ether oxygens (including phenoxy) is 2. The van der Waals surface area contributed by atoms with E-state index in [0.717, 1.165) is 11.3 Å². The summed E-state index contributed by atoms with van der Waals surface area (Å²) in [6, 6.07) is 7.18. The highest BCUT2D eigenvalue weighted by molar-refractivity contribution is 5.86. The molecule has 0 radical (unpaired) electrons. The fraction of sp³-hybridized carbons (Fsp3) is 0.235. The summed E-state index contributed by atoms with van der Waals surface area (Å²) in [6.45, 7) is 3.43. The van der Waals surface area contributed by atoms with Gasteiger partial charge < -0.3 is 13.9 Å². The van der Waals surface area contributed by atoms with Crippen molar-refractivity contribution in [1.29, 1.82) is 0 Å². The number of aromatic nitrogens is 4. The molecule has 8 heteroatoms. The van der Waals surface area contributed by atoms with E-state index in [1.165, 1.54) is 12.4 Å². The molecule has 0 aliphatic carbocycles. The molecule has 0 unspecified atom stereocenters. The highest BCUT2D eigenvalue weighted by atomic mass is 16.6. The van der Waals surface area contributed by atoms with Crippen LogP contribution in [0.3, 0.4) is 0 Å². The van der Waals surface area contributed by atoms with Crippen LogP contribution in [0.1, 0.15) is 35.1 Å². The lowest BCUT2D eigenvalue weighted by Gasteiger charge is -2.08. The summed E-state index contributed by atoms with van der Waals surface area (Å²) in [7, 11) is 1.59. The lowest BCUT2D eigenvalue weighted by atomic mass is 10.2. The first-order valence-corrected chi connectivity index (χ1v) is 7.54. The molecule has 0 saturated heterocycles. The highest BCUT2D eigenvalue weighted by Crippen LogP contribution is 2.24. The van der Waals surface area contributed by atoms with Gasteiger partial charge in [-0.2, -0.15) is 0 Å². The van der Waals surface area contributed by atoms with E-state index in [1.807, 2.05) is 0 Å². The van der Waals surface area contributed by atoms with Crippen LogP contribution in [0.25, 0.3) is 11.5 Å². The van der Waals surface area contributed by atoms with Crippen molar-refractivity contribution in [3.63, 3.8) is 0 Å². The van der Waals surface area contributed by atoms with Gasteiger partial charge in [0.2, 0.25) is 5.89 Å². The molecule has 0 spiro atoms. The van der Waals surface area contributed by atoms with Crippen LogP contribution in [-0.4, -0.2) is 33.2 Å². The van der Waals surface area contributed by atoms with Crippen LogP contribution >= 0.6 is 0 Å². The molecule has 3 rings (SSSR count). The Labute approximate surface area is 143 Å². The average molecular weight is 340 g/mol. The van der Waals surface area contributed by atoms with Crippen molar-refractivity contribution in [2.45, 2.75) is 20.0 Å². The SMILES string of the molecule is COc1ccc(-c2nnc([C@H](C)OC(=O)c3cnc(C)cn3)o2)cc1. The van der Waals surface area contributed by atoms with Crippen molar-refractivity contribution >= 4 is 5.97 Å². The Balaban J connectivity index is 1.70. The molecular weight excluding hydrogens is 324 g/mol. The highest BCUT2D eigenvalue weighted by Gasteiger charge is 2.20. The Morgan fingerprint density at radius 2 is 1.88 bits per heavy atom. The van der Waals surface area contributed by atoms with Gasteiger partial charge in [-0.25, -0.2) is 9.78 Å². The van der Waals surface area contributed by atoms with E-state index in [-0.39, 0.29) is 11.6 Å². The molecular formula is C17H16N4O4. The molecule has 0 aliphatic heterocycles. The summed E-state index contributed by atoms with van der Waals surface area (Å²) in [4.78, 5) is 20.1.